The normalized spacial score (nSPS) is 10.5. The first-order chi connectivity index (χ1) is 13.4. The molecule has 146 valence electrons. The molecule has 2 amide bonds. The summed E-state index contributed by atoms with van der Waals surface area (Å²) < 4.78 is 10.6. The fourth-order valence-electron chi connectivity index (χ4n) is 2.30. The molecule has 2 aromatic carbocycles. The quantitative estimate of drug-likeness (QED) is 0.541. The Morgan fingerprint density at radius 1 is 1.04 bits per heavy atom. The number of nitriles is 1. The van der Waals surface area contributed by atoms with E-state index in [9.17, 15) is 9.59 Å². The summed E-state index contributed by atoms with van der Waals surface area (Å²) in [6.45, 7) is 3.55. The predicted octanol–water partition coefficient (Wildman–Crippen LogP) is 2.73. The van der Waals surface area contributed by atoms with Crippen LogP contribution in [0.2, 0.25) is 0 Å². The Morgan fingerprint density at radius 2 is 1.68 bits per heavy atom. The number of benzene rings is 2. The third-order valence-corrected chi connectivity index (χ3v) is 4.15. The van der Waals surface area contributed by atoms with Crippen LogP contribution < -0.4 is 20.1 Å². The van der Waals surface area contributed by atoms with Gasteiger partial charge in [-0.05, 0) is 50.2 Å². The summed E-state index contributed by atoms with van der Waals surface area (Å²) in [6.07, 6.45) is 0. The molecule has 0 aliphatic rings. The first-order valence-corrected chi connectivity index (χ1v) is 8.74. The van der Waals surface area contributed by atoms with Gasteiger partial charge in [0.15, 0.2) is 0 Å². The van der Waals surface area contributed by atoms with Gasteiger partial charge in [-0.15, -0.1) is 0 Å². The molecule has 0 spiro atoms. The van der Waals surface area contributed by atoms with Crippen molar-refractivity contribution in [3.05, 3.63) is 54.1 Å². The van der Waals surface area contributed by atoms with Gasteiger partial charge in [0.25, 0.3) is 0 Å². The topological polar surface area (TPSA) is 100 Å². The maximum absolute atomic E-state index is 12.5. The summed E-state index contributed by atoms with van der Waals surface area (Å²) in [4.78, 5) is 25.0. The zero-order chi connectivity index (χ0) is 20.6. The number of anilines is 1. The minimum atomic E-state index is -1.32. The molecule has 2 N–H and O–H groups in total. The minimum Gasteiger partial charge on any atom is -0.497 e. The van der Waals surface area contributed by atoms with Gasteiger partial charge in [0.2, 0.25) is 11.8 Å². The lowest BCUT2D eigenvalue weighted by Crippen LogP contribution is -2.46. The van der Waals surface area contributed by atoms with Crippen LogP contribution in [0, 0.1) is 16.7 Å². The largest absolute Gasteiger partial charge is 0.497 e. The Hall–Kier alpha value is -3.53. The maximum Gasteiger partial charge on any atom is 0.239 e. The van der Waals surface area contributed by atoms with E-state index in [4.69, 9.17) is 14.7 Å². The first kappa shape index (κ1) is 20.8. The number of rotatable bonds is 8. The second-order valence-electron chi connectivity index (χ2n) is 6.52. The van der Waals surface area contributed by atoms with Crippen LogP contribution in [0.25, 0.3) is 0 Å². The standard InChI is InChI=1S/C21H23N3O4/c1-21(2,20(26)24-18-7-5-4-6-15(18)14-22)19(25)23-12-13-28-17-10-8-16(27-3)9-11-17/h4-11H,12-13H2,1-3H3,(H,23,25)(H,24,26). The fraction of sp³-hybridized carbons (Fsp3) is 0.286. The number of hydrogen-bond acceptors (Lipinski definition) is 5. The minimum absolute atomic E-state index is 0.246. The third kappa shape index (κ3) is 5.24. The second kappa shape index (κ2) is 9.42. The molecule has 0 heterocycles. The van der Waals surface area contributed by atoms with E-state index in [1.54, 1.807) is 55.6 Å². The van der Waals surface area contributed by atoms with Crippen LogP contribution in [-0.4, -0.2) is 32.1 Å². The molecule has 0 radical (unpaired) electrons. The van der Waals surface area contributed by atoms with Crippen LogP contribution in [0.3, 0.4) is 0 Å². The molecule has 2 rings (SSSR count). The zero-order valence-electron chi connectivity index (χ0n) is 16.1. The van der Waals surface area contributed by atoms with E-state index in [-0.39, 0.29) is 13.2 Å². The molecule has 0 saturated heterocycles. The molecular weight excluding hydrogens is 358 g/mol. The number of carbonyl (C=O) groups is 2. The van der Waals surface area contributed by atoms with Gasteiger partial charge in [-0.1, -0.05) is 12.1 Å². The monoisotopic (exact) mass is 381 g/mol. The van der Waals surface area contributed by atoms with Gasteiger partial charge in [0.05, 0.1) is 24.9 Å². The zero-order valence-corrected chi connectivity index (χ0v) is 16.1. The van der Waals surface area contributed by atoms with E-state index in [2.05, 4.69) is 10.6 Å². The molecule has 0 fully saturated rings. The molecule has 7 nitrogen and oxygen atoms in total. The molecule has 28 heavy (non-hydrogen) atoms. The van der Waals surface area contributed by atoms with Crippen LogP contribution in [0.15, 0.2) is 48.5 Å². The van der Waals surface area contributed by atoms with Crippen molar-refractivity contribution in [2.75, 3.05) is 25.6 Å². The van der Waals surface area contributed by atoms with E-state index in [0.717, 1.165) is 5.75 Å². The Bertz CT molecular complexity index is 870. The van der Waals surface area contributed by atoms with Gasteiger partial charge < -0.3 is 20.1 Å². The average Bonchev–Trinajstić information content (AvgIpc) is 2.71. The number of methoxy groups -OCH3 is 1. The van der Waals surface area contributed by atoms with Crippen LogP contribution >= 0.6 is 0 Å². The summed E-state index contributed by atoms with van der Waals surface area (Å²) in [5.74, 6) is 0.452. The van der Waals surface area contributed by atoms with Crippen LogP contribution in [0.1, 0.15) is 19.4 Å². The summed E-state index contributed by atoms with van der Waals surface area (Å²) in [5, 5.41) is 14.4. The smallest absolute Gasteiger partial charge is 0.239 e. The van der Waals surface area contributed by atoms with Gasteiger partial charge in [-0.25, -0.2) is 0 Å². The number of amides is 2. The number of hydrogen-bond donors (Lipinski definition) is 2. The highest BCUT2D eigenvalue weighted by atomic mass is 16.5. The highest BCUT2D eigenvalue weighted by Crippen LogP contribution is 2.21. The van der Waals surface area contributed by atoms with Crippen molar-refractivity contribution in [1.82, 2.24) is 5.32 Å². The van der Waals surface area contributed by atoms with Gasteiger partial charge in [-0.3, -0.25) is 9.59 Å². The fourth-order valence-corrected chi connectivity index (χ4v) is 2.30. The summed E-state index contributed by atoms with van der Waals surface area (Å²) in [7, 11) is 1.59. The number of carbonyl (C=O) groups excluding carboxylic acids is 2. The summed E-state index contributed by atoms with van der Waals surface area (Å²) in [6, 6.07) is 15.7. The Labute approximate surface area is 164 Å². The summed E-state index contributed by atoms with van der Waals surface area (Å²) in [5.41, 5.74) is -0.610. The molecule has 0 aliphatic heterocycles. The van der Waals surface area contributed by atoms with Gasteiger partial charge in [0.1, 0.15) is 29.6 Å². The van der Waals surface area contributed by atoms with Crippen molar-refractivity contribution >= 4 is 17.5 Å². The molecule has 7 heteroatoms. The van der Waals surface area contributed by atoms with Crippen molar-refractivity contribution in [1.29, 1.82) is 5.26 Å². The molecule has 0 unspecified atom stereocenters. The third-order valence-electron chi connectivity index (χ3n) is 4.15. The molecule has 2 aromatic rings. The Kier molecular flexibility index (Phi) is 6.99. The van der Waals surface area contributed by atoms with Gasteiger partial charge in [-0.2, -0.15) is 5.26 Å². The van der Waals surface area contributed by atoms with E-state index in [0.29, 0.717) is 17.0 Å². The molecule has 0 aromatic heterocycles. The van der Waals surface area contributed by atoms with E-state index in [1.807, 2.05) is 6.07 Å². The van der Waals surface area contributed by atoms with E-state index < -0.39 is 17.2 Å². The first-order valence-electron chi connectivity index (χ1n) is 8.74. The molecule has 0 bridgehead atoms. The lowest BCUT2D eigenvalue weighted by atomic mass is 9.90. The Balaban J connectivity index is 1.85. The number of nitrogens with one attached hydrogen (secondary N) is 2. The lowest BCUT2D eigenvalue weighted by Gasteiger charge is -2.23. The number of ether oxygens (including phenoxy) is 2. The Morgan fingerprint density at radius 3 is 2.32 bits per heavy atom. The van der Waals surface area contributed by atoms with Crippen LogP contribution in [-0.2, 0) is 9.59 Å². The molecule has 0 aliphatic carbocycles. The number of para-hydroxylation sites is 1. The molecular formula is C21H23N3O4. The SMILES string of the molecule is COc1ccc(OCCNC(=O)C(C)(C)C(=O)Nc2ccccc2C#N)cc1. The van der Waals surface area contributed by atoms with Gasteiger partial charge in [0, 0.05) is 0 Å². The van der Waals surface area contributed by atoms with Crippen molar-refractivity contribution in [3.63, 3.8) is 0 Å². The van der Waals surface area contributed by atoms with Crippen LogP contribution in [0.4, 0.5) is 5.69 Å². The maximum atomic E-state index is 12.5. The van der Waals surface area contributed by atoms with Crippen molar-refractivity contribution < 1.29 is 19.1 Å². The highest BCUT2D eigenvalue weighted by molar-refractivity contribution is 6.10. The van der Waals surface area contributed by atoms with Crippen molar-refractivity contribution in [2.24, 2.45) is 5.41 Å². The summed E-state index contributed by atoms with van der Waals surface area (Å²) >= 11 is 0. The highest BCUT2D eigenvalue weighted by Gasteiger charge is 2.36. The number of nitrogens with zero attached hydrogens (tertiary/aromatic N) is 1. The van der Waals surface area contributed by atoms with Crippen molar-refractivity contribution in [3.8, 4) is 17.6 Å². The second-order valence-corrected chi connectivity index (χ2v) is 6.52. The lowest BCUT2D eigenvalue weighted by molar-refractivity contribution is -0.138. The average molecular weight is 381 g/mol. The van der Waals surface area contributed by atoms with Crippen LogP contribution in [0.5, 0.6) is 11.5 Å². The predicted molar refractivity (Wildman–Crippen MR) is 105 cm³/mol. The van der Waals surface area contributed by atoms with Gasteiger partial charge >= 0.3 is 0 Å². The van der Waals surface area contributed by atoms with E-state index in [1.165, 1.54) is 13.8 Å². The molecule has 0 atom stereocenters. The van der Waals surface area contributed by atoms with Crippen molar-refractivity contribution in [2.45, 2.75) is 13.8 Å². The van der Waals surface area contributed by atoms with E-state index >= 15 is 0 Å². The molecule has 0 saturated carbocycles.